The Bertz CT molecular complexity index is 1060. The van der Waals surface area contributed by atoms with E-state index in [2.05, 4.69) is 28.1 Å². The standard InChI is InChI=1S/C24H21BrN2O2/c1-16(28)27-23-6-4-3-5-21(23)26-22(17-7-11-19(25)12-8-17)15-24(27)18-9-13-20(29-2)14-10-18/h3-14,24H,15H2,1-2H3/t24-/m0/s1. The highest BCUT2D eigenvalue weighted by atomic mass is 79.9. The number of aliphatic imine (C=N–C) groups is 1. The number of methoxy groups -OCH3 is 1. The van der Waals surface area contributed by atoms with Crippen molar-refractivity contribution >= 4 is 38.9 Å². The van der Waals surface area contributed by atoms with Gasteiger partial charge < -0.3 is 9.64 Å². The summed E-state index contributed by atoms with van der Waals surface area (Å²) in [6, 6.07) is 23.7. The van der Waals surface area contributed by atoms with Crippen molar-refractivity contribution in [3.8, 4) is 5.75 Å². The number of amides is 1. The van der Waals surface area contributed by atoms with E-state index in [4.69, 9.17) is 9.73 Å². The lowest BCUT2D eigenvalue weighted by Crippen LogP contribution is -2.33. The monoisotopic (exact) mass is 448 g/mol. The van der Waals surface area contributed by atoms with Crippen LogP contribution in [-0.4, -0.2) is 18.7 Å². The fourth-order valence-electron chi connectivity index (χ4n) is 3.70. The van der Waals surface area contributed by atoms with Gasteiger partial charge in [-0.2, -0.15) is 0 Å². The van der Waals surface area contributed by atoms with E-state index in [-0.39, 0.29) is 11.9 Å². The molecule has 0 aromatic heterocycles. The van der Waals surface area contributed by atoms with Crippen molar-refractivity contribution in [2.24, 2.45) is 4.99 Å². The molecule has 0 radical (unpaired) electrons. The molecule has 0 N–H and O–H groups in total. The summed E-state index contributed by atoms with van der Waals surface area (Å²) in [7, 11) is 1.65. The number of halogens is 1. The number of benzene rings is 3. The third-order valence-corrected chi connectivity index (χ3v) is 5.64. The van der Waals surface area contributed by atoms with Crippen LogP contribution in [0.3, 0.4) is 0 Å². The lowest BCUT2D eigenvalue weighted by molar-refractivity contribution is -0.117. The minimum absolute atomic E-state index is 0.00877. The molecule has 146 valence electrons. The Morgan fingerprint density at radius 2 is 1.72 bits per heavy atom. The van der Waals surface area contributed by atoms with Crippen molar-refractivity contribution in [2.45, 2.75) is 19.4 Å². The molecule has 4 rings (SSSR count). The Hall–Kier alpha value is -2.92. The maximum absolute atomic E-state index is 12.8. The Morgan fingerprint density at radius 1 is 1.03 bits per heavy atom. The second-order valence-corrected chi connectivity index (χ2v) is 7.85. The van der Waals surface area contributed by atoms with E-state index in [1.54, 1.807) is 14.0 Å². The molecule has 1 amide bonds. The zero-order chi connectivity index (χ0) is 20.4. The molecule has 0 aliphatic carbocycles. The molecule has 5 heteroatoms. The first-order chi connectivity index (χ1) is 14.1. The second-order valence-electron chi connectivity index (χ2n) is 6.94. The van der Waals surface area contributed by atoms with E-state index in [1.807, 2.05) is 65.6 Å². The van der Waals surface area contributed by atoms with Crippen molar-refractivity contribution in [1.29, 1.82) is 0 Å². The number of carbonyl (C=O) groups excluding carboxylic acids is 1. The Kier molecular flexibility index (Phi) is 5.49. The highest BCUT2D eigenvalue weighted by Gasteiger charge is 2.30. The summed E-state index contributed by atoms with van der Waals surface area (Å²) < 4.78 is 6.33. The van der Waals surface area contributed by atoms with E-state index in [0.717, 1.165) is 38.4 Å². The Labute approximate surface area is 179 Å². The molecule has 3 aromatic carbocycles. The molecular formula is C24H21BrN2O2. The molecule has 1 aliphatic rings. The van der Waals surface area contributed by atoms with Crippen LogP contribution in [0.15, 0.2) is 82.3 Å². The maximum Gasteiger partial charge on any atom is 0.224 e. The third kappa shape index (κ3) is 3.96. The molecule has 1 aliphatic heterocycles. The first-order valence-electron chi connectivity index (χ1n) is 9.43. The Morgan fingerprint density at radius 3 is 2.38 bits per heavy atom. The molecule has 3 aromatic rings. The number of nitrogens with zero attached hydrogens (tertiary/aromatic N) is 2. The first-order valence-corrected chi connectivity index (χ1v) is 10.2. The number of carbonyl (C=O) groups is 1. The lowest BCUT2D eigenvalue weighted by atomic mass is 9.95. The summed E-state index contributed by atoms with van der Waals surface area (Å²) in [5.41, 5.74) is 4.67. The van der Waals surface area contributed by atoms with E-state index < -0.39 is 0 Å². The van der Waals surface area contributed by atoms with Crippen LogP contribution in [0.1, 0.15) is 30.5 Å². The van der Waals surface area contributed by atoms with Gasteiger partial charge in [0.05, 0.1) is 30.2 Å². The summed E-state index contributed by atoms with van der Waals surface area (Å²) >= 11 is 3.50. The molecule has 0 bridgehead atoms. The van der Waals surface area contributed by atoms with E-state index in [0.29, 0.717) is 6.42 Å². The van der Waals surface area contributed by atoms with Crippen molar-refractivity contribution in [3.05, 3.63) is 88.4 Å². The highest BCUT2D eigenvalue weighted by molar-refractivity contribution is 9.10. The van der Waals surface area contributed by atoms with Crippen LogP contribution >= 0.6 is 15.9 Å². The second kappa shape index (κ2) is 8.21. The molecular weight excluding hydrogens is 428 g/mol. The minimum atomic E-state index is -0.163. The van der Waals surface area contributed by atoms with Gasteiger partial charge in [0.2, 0.25) is 5.91 Å². The SMILES string of the molecule is COc1ccc([C@@H]2CC(c3ccc(Br)cc3)=Nc3ccccc3N2C(C)=O)cc1. The summed E-state index contributed by atoms with van der Waals surface area (Å²) in [6.45, 7) is 1.61. The number of hydrogen-bond donors (Lipinski definition) is 0. The van der Waals surface area contributed by atoms with Crippen LogP contribution in [0.4, 0.5) is 11.4 Å². The van der Waals surface area contributed by atoms with Crippen molar-refractivity contribution in [3.63, 3.8) is 0 Å². The van der Waals surface area contributed by atoms with Gasteiger partial charge in [0.15, 0.2) is 0 Å². The molecule has 1 atom stereocenters. The van der Waals surface area contributed by atoms with Gasteiger partial charge in [-0.3, -0.25) is 9.79 Å². The Balaban J connectivity index is 1.87. The van der Waals surface area contributed by atoms with Gasteiger partial charge in [-0.1, -0.05) is 52.3 Å². The first kappa shape index (κ1) is 19.4. The predicted octanol–water partition coefficient (Wildman–Crippen LogP) is 6.08. The summed E-state index contributed by atoms with van der Waals surface area (Å²) in [5, 5.41) is 0. The zero-order valence-corrected chi connectivity index (χ0v) is 17.9. The molecule has 29 heavy (non-hydrogen) atoms. The fraction of sp³-hybridized carbons (Fsp3) is 0.167. The number of anilines is 1. The summed E-state index contributed by atoms with van der Waals surface area (Å²) in [6.07, 6.45) is 0.613. The number of para-hydroxylation sites is 2. The fourth-order valence-corrected chi connectivity index (χ4v) is 3.97. The number of fused-ring (bicyclic) bond motifs is 1. The van der Waals surface area contributed by atoms with Gasteiger partial charge in [0.1, 0.15) is 5.75 Å². The quantitative estimate of drug-likeness (QED) is 0.487. The topological polar surface area (TPSA) is 41.9 Å². The van der Waals surface area contributed by atoms with Crippen LogP contribution < -0.4 is 9.64 Å². The normalized spacial score (nSPS) is 15.9. The van der Waals surface area contributed by atoms with Crippen molar-refractivity contribution in [1.82, 2.24) is 0 Å². The lowest BCUT2D eigenvalue weighted by Gasteiger charge is -2.30. The maximum atomic E-state index is 12.8. The van der Waals surface area contributed by atoms with E-state index in [1.165, 1.54) is 0 Å². The van der Waals surface area contributed by atoms with E-state index in [9.17, 15) is 4.79 Å². The van der Waals surface area contributed by atoms with Crippen LogP contribution in [0.5, 0.6) is 5.75 Å². The van der Waals surface area contributed by atoms with Crippen LogP contribution in [-0.2, 0) is 4.79 Å². The van der Waals surface area contributed by atoms with Gasteiger partial charge in [0.25, 0.3) is 0 Å². The average molecular weight is 449 g/mol. The van der Waals surface area contributed by atoms with Gasteiger partial charge >= 0.3 is 0 Å². The molecule has 0 spiro atoms. The molecule has 0 saturated carbocycles. The van der Waals surface area contributed by atoms with Gasteiger partial charge in [0, 0.05) is 17.8 Å². The highest BCUT2D eigenvalue weighted by Crippen LogP contribution is 2.41. The van der Waals surface area contributed by atoms with Crippen LogP contribution in [0.25, 0.3) is 0 Å². The van der Waals surface area contributed by atoms with Crippen LogP contribution in [0, 0.1) is 0 Å². The average Bonchev–Trinajstić information content (AvgIpc) is 2.91. The molecule has 0 unspecified atom stereocenters. The third-order valence-electron chi connectivity index (χ3n) is 5.11. The van der Waals surface area contributed by atoms with Gasteiger partial charge in [-0.25, -0.2) is 0 Å². The van der Waals surface area contributed by atoms with Gasteiger partial charge in [-0.15, -0.1) is 0 Å². The number of hydrogen-bond acceptors (Lipinski definition) is 3. The van der Waals surface area contributed by atoms with E-state index >= 15 is 0 Å². The number of ether oxygens (including phenoxy) is 1. The van der Waals surface area contributed by atoms with Crippen LogP contribution in [0.2, 0.25) is 0 Å². The smallest absolute Gasteiger partial charge is 0.224 e. The van der Waals surface area contributed by atoms with Gasteiger partial charge in [-0.05, 0) is 47.5 Å². The summed E-state index contributed by atoms with van der Waals surface area (Å²) in [5.74, 6) is 0.782. The largest absolute Gasteiger partial charge is 0.497 e. The summed E-state index contributed by atoms with van der Waals surface area (Å²) in [4.78, 5) is 19.6. The molecule has 4 nitrogen and oxygen atoms in total. The van der Waals surface area contributed by atoms with Crippen molar-refractivity contribution < 1.29 is 9.53 Å². The molecule has 1 heterocycles. The van der Waals surface area contributed by atoms with Crippen molar-refractivity contribution in [2.75, 3.05) is 12.0 Å². The molecule has 0 fully saturated rings. The predicted molar refractivity (Wildman–Crippen MR) is 120 cm³/mol. The zero-order valence-electron chi connectivity index (χ0n) is 16.3. The molecule has 0 saturated heterocycles. The number of rotatable bonds is 3. The minimum Gasteiger partial charge on any atom is -0.497 e.